The Labute approximate surface area is 120 Å². The fraction of sp³-hybridized carbons (Fsp3) is 0.533. The van der Waals surface area contributed by atoms with E-state index in [1.165, 1.54) is 38.2 Å². The van der Waals surface area contributed by atoms with Crippen LogP contribution < -0.4 is 10.6 Å². The lowest BCUT2D eigenvalue weighted by Crippen LogP contribution is -2.47. The Hall–Kier alpha value is -1.13. The summed E-state index contributed by atoms with van der Waals surface area (Å²) >= 11 is 4.98. The van der Waals surface area contributed by atoms with Gasteiger partial charge in [0.1, 0.15) is 4.99 Å². The summed E-state index contributed by atoms with van der Waals surface area (Å²) in [5.74, 6) is 0.997. The Balaban J connectivity index is 1.56. The zero-order valence-electron chi connectivity index (χ0n) is 11.2. The molecule has 1 heterocycles. The van der Waals surface area contributed by atoms with Gasteiger partial charge < -0.3 is 10.6 Å². The molecule has 2 aliphatic rings. The van der Waals surface area contributed by atoms with Crippen molar-refractivity contribution in [2.75, 3.05) is 37.6 Å². The van der Waals surface area contributed by atoms with Gasteiger partial charge in [0.15, 0.2) is 0 Å². The van der Waals surface area contributed by atoms with E-state index in [9.17, 15) is 0 Å². The van der Waals surface area contributed by atoms with Gasteiger partial charge in [-0.2, -0.15) is 0 Å². The Kier molecular flexibility index (Phi) is 3.71. The molecule has 0 radical (unpaired) electrons. The standard InChI is InChI=1S/C15H21N3S/c16-15(19)13-3-5-14(6-4-13)18-9-7-17(8-10-18)11-12-1-2-12/h3-6,12H,1-2,7-11H2,(H2,16,19). The van der Waals surface area contributed by atoms with E-state index < -0.39 is 0 Å². The lowest BCUT2D eigenvalue weighted by atomic mass is 10.1. The van der Waals surface area contributed by atoms with E-state index in [2.05, 4.69) is 21.9 Å². The molecule has 1 aromatic rings. The highest BCUT2D eigenvalue weighted by Crippen LogP contribution is 2.30. The first-order chi connectivity index (χ1) is 9.22. The zero-order chi connectivity index (χ0) is 13.2. The number of thiocarbonyl (C=S) groups is 1. The quantitative estimate of drug-likeness (QED) is 0.850. The van der Waals surface area contributed by atoms with Gasteiger partial charge in [-0.1, -0.05) is 12.2 Å². The molecule has 19 heavy (non-hydrogen) atoms. The predicted molar refractivity (Wildman–Crippen MR) is 83.7 cm³/mol. The first-order valence-electron chi connectivity index (χ1n) is 7.09. The smallest absolute Gasteiger partial charge is 0.103 e. The van der Waals surface area contributed by atoms with E-state index in [1.807, 2.05) is 12.1 Å². The molecular formula is C15H21N3S. The van der Waals surface area contributed by atoms with Crippen molar-refractivity contribution in [2.45, 2.75) is 12.8 Å². The predicted octanol–water partition coefficient (Wildman–Crippen LogP) is 1.85. The maximum Gasteiger partial charge on any atom is 0.103 e. The van der Waals surface area contributed by atoms with Gasteiger partial charge in [-0.3, -0.25) is 4.90 Å². The summed E-state index contributed by atoms with van der Waals surface area (Å²) in [4.78, 5) is 5.53. The molecule has 0 unspecified atom stereocenters. The van der Waals surface area contributed by atoms with E-state index in [-0.39, 0.29) is 0 Å². The Morgan fingerprint density at radius 1 is 1.11 bits per heavy atom. The third kappa shape index (κ3) is 3.25. The zero-order valence-corrected chi connectivity index (χ0v) is 12.0. The minimum Gasteiger partial charge on any atom is -0.389 e. The van der Waals surface area contributed by atoms with Crippen LogP contribution >= 0.6 is 12.2 Å². The highest BCUT2D eigenvalue weighted by Gasteiger charge is 2.26. The normalized spacial score (nSPS) is 20.5. The SMILES string of the molecule is NC(=S)c1ccc(N2CCN(CC3CC3)CC2)cc1. The molecule has 3 nitrogen and oxygen atoms in total. The fourth-order valence-electron chi connectivity index (χ4n) is 2.69. The van der Waals surface area contributed by atoms with Crippen LogP contribution in [0.5, 0.6) is 0 Å². The van der Waals surface area contributed by atoms with Crippen LogP contribution in [0.25, 0.3) is 0 Å². The van der Waals surface area contributed by atoms with E-state index in [0.29, 0.717) is 4.99 Å². The number of nitrogens with two attached hydrogens (primary N) is 1. The maximum atomic E-state index is 5.62. The molecule has 102 valence electrons. The molecular weight excluding hydrogens is 254 g/mol. The first kappa shape index (κ1) is 12.9. The molecule has 1 aliphatic heterocycles. The van der Waals surface area contributed by atoms with Crippen LogP contribution in [0.15, 0.2) is 24.3 Å². The largest absolute Gasteiger partial charge is 0.389 e. The number of hydrogen-bond donors (Lipinski definition) is 1. The number of nitrogens with zero attached hydrogens (tertiary/aromatic N) is 2. The molecule has 0 atom stereocenters. The Bertz CT molecular complexity index is 445. The summed E-state index contributed by atoms with van der Waals surface area (Å²) in [6.07, 6.45) is 2.89. The van der Waals surface area contributed by atoms with Crippen LogP contribution in [-0.2, 0) is 0 Å². The average molecular weight is 275 g/mol. The number of benzene rings is 1. The van der Waals surface area contributed by atoms with Gasteiger partial charge in [-0.25, -0.2) is 0 Å². The maximum absolute atomic E-state index is 5.62. The first-order valence-corrected chi connectivity index (χ1v) is 7.50. The minimum atomic E-state index is 0.473. The Morgan fingerprint density at radius 2 is 1.74 bits per heavy atom. The van der Waals surface area contributed by atoms with E-state index in [0.717, 1.165) is 24.6 Å². The van der Waals surface area contributed by atoms with Gasteiger partial charge in [0.2, 0.25) is 0 Å². The molecule has 0 spiro atoms. The van der Waals surface area contributed by atoms with Crippen LogP contribution in [0.4, 0.5) is 5.69 Å². The molecule has 1 aromatic carbocycles. The van der Waals surface area contributed by atoms with Crippen molar-refractivity contribution in [1.82, 2.24) is 4.90 Å². The van der Waals surface area contributed by atoms with Crippen molar-refractivity contribution < 1.29 is 0 Å². The highest BCUT2D eigenvalue weighted by atomic mass is 32.1. The molecule has 1 saturated carbocycles. The van der Waals surface area contributed by atoms with Crippen molar-refractivity contribution in [1.29, 1.82) is 0 Å². The third-order valence-corrected chi connectivity index (χ3v) is 4.34. The van der Waals surface area contributed by atoms with Gasteiger partial charge in [-0.15, -0.1) is 0 Å². The number of piperazine rings is 1. The molecule has 4 heteroatoms. The lowest BCUT2D eigenvalue weighted by Gasteiger charge is -2.36. The lowest BCUT2D eigenvalue weighted by molar-refractivity contribution is 0.248. The summed E-state index contributed by atoms with van der Waals surface area (Å²) in [5.41, 5.74) is 7.86. The second-order valence-corrected chi connectivity index (χ2v) is 6.08. The molecule has 0 aromatic heterocycles. The molecule has 2 N–H and O–H groups in total. The van der Waals surface area contributed by atoms with Crippen molar-refractivity contribution in [3.05, 3.63) is 29.8 Å². The van der Waals surface area contributed by atoms with Crippen LogP contribution in [0.3, 0.4) is 0 Å². The van der Waals surface area contributed by atoms with Crippen molar-refractivity contribution >= 4 is 22.9 Å². The monoisotopic (exact) mass is 275 g/mol. The van der Waals surface area contributed by atoms with Crippen molar-refractivity contribution in [3.63, 3.8) is 0 Å². The Morgan fingerprint density at radius 3 is 2.26 bits per heavy atom. The van der Waals surface area contributed by atoms with E-state index in [1.54, 1.807) is 0 Å². The van der Waals surface area contributed by atoms with Gasteiger partial charge in [0.05, 0.1) is 0 Å². The van der Waals surface area contributed by atoms with Gasteiger partial charge in [0, 0.05) is 44.0 Å². The van der Waals surface area contributed by atoms with Crippen molar-refractivity contribution in [2.24, 2.45) is 11.7 Å². The van der Waals surface area contributed by atoms with Gasteiger partial charge in [0.25, 0.3) is 0 Å². The summed E-state index contributed by atoms with van der Waals surface area (Å²) < 4.78 is 0. The van der Waals surface area contributed by atoms with Gasteiger partial charge >= 0.3 is 0 Å². The molecule has 3 rings (SSSR count). The summed E-state index contributed by atoms with van der Waals surface area (Å²) in [5, 5.41) is 0. The highest BCUT2D eigenvalue weighted by molar-refractivity contribution is 7.80. The summed E-state index contributed by atoms with van der Waals surface area (Å²) in [6, 6.07) is 8.30. The van der Waals surface area contributed by atoms with Crippen LogP contribution in [0, 0.1) is 5.92 Å². The topological polar surface area (TPSA) is 32.5 Å². The van der Waals surface area contributed by atoms with E-state index >= 15 is 0 Å². The second-order valence-electron chi connectivity index (χ2n) is 5.64. The molecule has 1 aliphatic carbocycles. The second kappa shape index (κ2) is 5.47. The van der Waals surface area contributed by atoms with Gasteiger partial charge in [-0.05, 0) is 43.0 Å². The number of hydrogen-bond acceptors (Lipinski definition) is 3. The molecule has 2 fully saturated rings. The van der Waals surface area contributed by atoms with Crippen LogP contribution in [-0.4, -0.2) is 42.6 Å². The van der Waals surface area contributed by atoms with Crippen LogP contribution in [0.2, 0.25) is 0 Å². The summed E-state index contributed by atoms with van der Waals surface area (Å²) in [7, 11) is 0. The summed E-state index contributed by atoms with van der Waals surface area (Å²) in [6.45, 7) is 5.94. The number of rotatable bonds is 4. The van der Waals surface area contributed by atoms with E-state index in [4.69, 9.17) is 18.0 Å². The minimum absolute atomic E-state index is 0.473. The van der Waals surface area contributed by atoms with Crippen molar-refractivity contribution in [3.8, 4) is 0 Å². The van der Waals surface area contributed by atoms with Crippen LogP contribution in [0.1, 0.15) is 18.4 Å². The molecule has 0 amide bonds. The molecule has 1 saturated heterocycles. The third-order valence-electron chi connectivity index (χ3n) is 4.10. The average Bonchev–Trinajstić information content (AvgIpc) is 3.24. The fourth-order valence-corrected chi connectivity index (χ4v) is 2.83. The molecule has 0 bridgehead atoms. The number of anilines is 1.